The molecular weight excluding hydrogens is 396 g/mol. The highest BCUT2D eigenvalue weighted by Gasteiger charge is 2.47. The molecule has 8 nitrogen and oxygen atoms in total. The standard InChI is InChI=1S/C23H20N4O4/c1-12(15-5-3-2-4-14(15)11-24)20-17-10-13(21(25)29)6-7-16(17)23(31)27(20)18-8-9-19(28)26-22(18)30/h2-7,10,12,18,20H,8-9H2,1H3,(H2,25,29)(H,26,28,30)/t12-,18?,20?/m1/s1. The summed E-state index contributed by atoms with van der Waals surface area (Å²) in [5, 5.41) is 11.9. The van der Waals surface area contributed by atoms with Crippen molar-refractivity contribution in [3.05, 3.63) is 70.3 Å². The number of amides is 4. The minimum Gasteiger partial charge on any atom is -0.366 e. The molecule has 156 valence electrons. The molecule has 0 radical (unpaired) electrons. The second-order valence-electron chi connectivity index (χ2n) is 7.78. The first-order valence-electron chi connectivity index (χ1n) is 9.92. The third kappa shape index (κ3) is 3.34. The van der Waals surface area contributed by atoms with Gasteiger partial charge in [0.05, 0.1) is 17.7 Å². The summed E-state index contributed by atoms with van der Waals surface area (Å²) in [5.74, 6) is -2.25. The molecule has 1 fully saturated rings. The first kappa shape index (κ1) is 20.3. The van der Waals surface area contributed by atoms with E-state index >= 15 is 0 Å². The number of hydrogen-bond acceptors (Lipinski definition) is 5. The summed E-state index contributed by atoms with van der Waals surface area (Å²) in [6.45, 7) is 1.87. The van der Waals surface area contributed by atoms with E-state index in [2.05, 4.69) is 11.4 Å². The fourth-order valence-electron chi connectivity index (χ4n) is 4.53. The van der Waals surface area contributed by atoms with E-state index in [1.165, 1.54) is 11.0 Å². The predicted molar refractivity (Wildman–Crippen MR) is 110 cm³/mol. The monoisotopic (exact) mass is 416 g/mol. The van der Waals surface area contributed by atoms with Gasteiger partial charge in [-0.15, -0.1) is 0 Å². The van der Waals surface area contributed by atoms with Crippen LogP contribution in [0.25, 0.3) is 0 Å². The van der Waals surface area contributed by atoms with Crippen LogP contribution in [0.1, 0.15) is 69.1 Å². The van der Waals surface area contributed by atoms with Crippen LogP contribution in [0.5, 0.6) is 0 Å². The van der Waals surface area contributed by atoms with Crippen LogP contribution in [-0.2, 0) is 9.59 Å². The Labute approximate surface area is 178 Å². The molecule has 2 heterocycles. The lowest BCUT2D eigenvalue weighted by atomic mass is 9.84. The minimum atomic E-state index is -0.837. The highest BCUT2D eigenvalue weighted by atomic mass is 16.2. The van der Waals surface area contributed by atoms with Gasteiger partial charge in [0.2, 0.25) is 17.7 Å². The Kier molecular flexibility index (Phi) is 5.03. The maximum absolute atomic E-state index is 13.4. The first-order valence-corrected chi connectivity index (χ1v) is 9.92. The van der Waals surface area contributed by atoms with Crippen LogP contribution in [0.15, 0.2) is 42.5 Å². The predicted octanol–water partition coefficient (Wildman–Crippen LogP) is 1.76. The Morgan fingerprint density at radius 1 is 1.23 bits per heavy atom. The second kappa shape index (κ2) is 7.69. The minimum absolute atomic E-state index is 0.124. The van der Waals surface area contributed by atoms with Gasteiger partial charge >= 0.3 is 0 Å². The zero-order valence-corrected chi connectivity index (χ0v) is 16.8. The fraction of sp³-hybridized carbons (Fsp3) is 0.261. The van der Waals surface area contributed by atoms with Gasteiger partial charge < -0.3 is 10.6 Å². The van der Waals surface area contributed by atoms with Crippen LogP contribution >= 0.6 is 0 Å². The van der Waals surface area contributed by atoms with Gasteiger partial charge in [-0.2, -0.15) is 5.26 Å². The third-order valence-corrected chi connectivity index (χ3v) is 6.01. The van der Waals surface area contributed by atoms with Gasteiger partial charge in [-0.05, 0) is 41.8 Å². The molecule has 0 bridgehead atoms. The summed E-state index contributed by atoms with van der Waals surface area (Å²) < 4.78 is 0. The van der Waals surface area contributed by atoms with E-state index < -0.39 is 23.9 Å². The quantitative estimate of drug-likeness (QED) is 0.733. The summed E-state index contributed by atoms with van der Waals surface area (Å²) in [7, 11) is 0. The van der Waals surface area contributed by atoms with Crippen molar-refractivity contribution < 1.29 is 19.2 Å². The zero-order chi connectivity index (χ0) is 22.3. The van der Waals surface area contributed by atoms with Crippen LogP contribution in [0, 0.1) is 11.3 Å². The van der Waals surface area contributed by atoms with Gasteiger partial charge in [-0.25, -0.2) is 0 Å². The summed E-state index contributed by atoms with van der Waals surface area (Å²) in [6, 6.07) is 12.4. The summed E-state index contributed by atoms with van der Waals surface area (Å²) in [6.07, 6.45) is 0.329. The summed E-state index contributed by atoms with van der Waals surface area (Å²) >= 11 is 0. The summed E-state index contributed by atoms with van der Waals surface area (Å²) in [5.41, 5.74) is 7.84. The van der Waals surface area contributed by atoms with Crippen LogP contribution in [-0.4, -0.2) is 34.6 Å². The van der Waals surface area contributed by atoms with Crippen molar-refractivity contribution in [2.75, 3.05) is 0 Å². The number of hydrogen-bond donors (Lipinski definition) is 2. The molecule has 0 saturated carbocycles. The van der Waals surface area contributed by atoms with Crippen molar-refractivity contribution in [2.45, 2.75) is 37.8 Å². The van der Waals surface area contributed by atoms with Crippen LogP contribution in [0.4, 0.5) is 0 Å². The molecule has 3 N–H and O–H groups in total. The number of piperidine rings is 1. The molecule has 1 saturated heterocycles. The number of benzene rings is 2. The number of fused-ring (bicyclic) bond motifs is 1. The number of primary amides is 1. The van der Waals surface area contributed by atoms with E-state index in [0.717, 1.165) is 5.56 Å². The SMILES string of the molecule is C[C@H](c1ccccc1C#N)C1c2cc(C(N)=O)ccc2C(=O)N1C1CCC(=O)NC1=O. The number of carbonyl (C=O) groups is 4. The highest BCUT2D eigenvalue weighted by molar-refractivity contribution is 6.06. The van der Waals surface area contributed by atoms with Crippen LogP contribution in [0.3, 0.4) is 0 Å². The molecule has 4 rings (SSSR count). The van der Waals surface area contributed by atoms with Crippen molar-refractivity contribution >= 4 is 23.6 Å². The molecule has 0 spiro atoms. The normalized spacial score (nSPS) is 21.3. The average molecular weight is 416 g/mol. The Hall–Kier alpha value is -3.99. The van der Waals surface area contributed by atoms with E-state index in [-0.39, 0.29) is 36.1 Å². The number of nitrogens with zero attached hydrogens (tertiary/aromatic N) is 2. The number of nitrogens with two attached hydrogens (primary N) is 1. The van der Waals surface area contributed by atoms with Crippen LogP contribution in [0.2, 0.25) is 0 Å². The maximum atomic E-state index is 13.4. The zero-order valence-electron chi connectivity index (χ0n) is 16.8. The van der Waals surface area contributed by atoms with Crippen LogP contribution < -0.4 is 11.1 Å². The molecule has 31 heavy (non-hydrogen) atoms. The fourth-order valence-corrected chi connectivity index (χ4v) is 4.53. The van der Waals surface area contributed by atoms with E-state index in [0.29, 0.717) is 16.7 Å². The second-order valence-corrected chi connectivity index (χ2v) is 7.78. The highest BCUT2D eigenvalue weighted by Crippen LogP contribution is 2.45. The molecule has 4 amide bonds. The van der Waals surface area contributed by atoms with Crippen molar-refractivity contribution in [1.82, 2.24) is 10.2 Å². The Bertz CT molecular complexity index is 1170. The number of nitriles is 1. The average Bonchev–Trinajstić information content (AvgIpc) is 3.05. The first-order chi connectivity index (χ1) is 14.8. The molecular formula is C23H20N4O4. The van der Waals surface area contributed by atoms with Gasteiger partial charge in [0.15, 0.2) is 0 Å². The smallest absolute Gasteiger partial charge is 0.255 e. The number of rotatable bonds is 4. The number of carbonyl (C=O) groups excluding carboxylic acids is 4. The Morgan fingerprint density at radius 3 is 2.65 bits per heavy atom. The third-order valence-electron chi connectivity index (χ3n) is 6.01. The Balaban J connectivity index is 1.87. The summed E-state index contributed by atoms with van der Waals surface area (Å²) in [4.78, 5) is 50.9. The van der Waals surface area contributed by atoms with E-state index in [1.807, 2.05) is 13.0 Å². The lowest BCUT2D eigenvalue weighted by molar-refractivity contribution is -0.137. The molecule has 2 unspecified atom stereocenters. The largest absolute Gasteiger partial charge is 0.366 e. The lowest BCUT2D eigenvalue weighted by Gasteiger charge is -2.37. The number of imide groups is 1. The molecule has 0 aromatic heterocycles. The van der Waals surface area contributed by atoms with E-state index in [4.69, 9.17) is 5.73 Å². The topological polar surface area (TPSA) is 133 Å². The molecule has 2 aromatic rings. The molecule has 2 aromatic carbocycles. The van der Waals surface area contributed by atoms with E-state index in [9.17, 15) is 24.4 Å². The van der Waals surface area contributed by atoms with Crippen molar-refractivity contribution in [3.8, 4) is 6.07 Å². The molecule has 2 aliphatic heterocycles. The Morgan fingerprint density at radius 2 is 1.97 bits per heavy atom. The van der Waals surface area contributed by atoms with Gasteiger partial charge in [0, 0.05) is 23.5 Å². The number of nitrogens with one attached hydrogen (secondary N) is 1. The maximum Gasteiger partial charge on any atom is 0.255 e. The van der Waals surface area contributed by atoms with Crippen molar-refractivity contribution in [1.29, 1.82) is 5.26 Å². The molecule has 2 aliphatic rings. The molecule has 3 atom stereocenters. The van der Waals surface area contributed by atoms with Crippen molar-refractivity contribution in [2.24, 2.45) is 5.73 Å². The molecule has 8 heteroatoms. The van der Waals surface area contributed by atoms with Gasteiger partial charge in [0.1, 0.15) is 6.04 Å². The molecule has 0 aliphatic carbocycles. The van der Waals surface area contributed by atoms with Gasteiger partial charge in [-0.3, -0.25) is 24.5 Å². The lowest BCUT2D eigenvalue weighted by Crippen LogP contribution is -2.54. The van der Waals surface area contributed by atoms with Gasteiger partial charge in [-0.1, -0.05) is 25.1 Å². The van der Waals surface area contributed by atoms with Crippen molar-refractivity contribution in [3.63, 3.8) is 0 Å². The van der Waals surface area contributed by atoms with Gasteiger partial charge in [0.25, 0.3) is 5.91 Å². The van der Waals surface area contributed by atoms with E-state index in [1.54, 1.807) is 30.3 Å².